The van der Waals surface area contributed by atoms with Crippen LogP contribution >= 0.6 is 0 Å². The number of amides is 2. The van der Waals surface area contributed by atoms with Gasteiger partial charge in [0.2, 0.25) is 11.8 Å². The van der Waals surface area contributed by atoms with Gasteiger partial charge < -0.3 is 31.1 Å². The molecule has 1 saturated heterocycles. The topological polar surface area (TPSA) is 161 Å². The number of hydrogen-bond acceptors (Lipinski definition) is 5. The fourth-order valence-corrected chi connectivity index (χ4v) is 3.88. The van der Waals surface area contributed by atoms with Gasteiger partial charge in [-0.25, -0.2) is 4.79 Å². The summed E-state index contributed by atoms with van der Waals surface area (Å²) in [6, 6.07) is 4.74. The number of carboxylic acid groups (broad SMARTS) is 2. The van der Waals surface area contributed by atoms with Crippen LogP contribution in [0.25, 0.3) is 10.9 Å². The van der Waals surface area contributed by atoms with Crippen LogP contribution in [0.5, 0.6) is 0 Å². The fourth-order valence-electron chi connectivity index (χ4n) is 3.88. The van der Waals surface area contributed by atoms with Crippen molar-refractivity contribution in [3.05, 3.63) is 36.0 Å². The predicted octanol–water partition coefficient (Wildman–Crippen LogP) is 0.772. The number of aliphatic carboxylic acids is 2. The van der Waals surface area contributed by atoms with E-state index in [0.717, 1.165) is 29.3 Å². The quantitative estimate of drug-likeness (QED) is 0.315. The number of fused-ring (bicyclic) bond motifs is 1. The van der Waals surface area contributed by atoms with Gasteiger partial charge in [-0.2, -0.15) is 0 Å². The Balaban J connectivity index is 1.78. The van der Waals surface area contributed by atoms with Gasteiger partial charge in [0.1, 0.15) is 12.1 Å². The molecule has 0 spiro atoms. The second-order valence-electron chi connectivity index (χ2n) is 7.96. The van der Waals surface area contributed by atoms with Gasteiger partial charge in [-0.05, 0) is 37.4 Å². The van der Waals surface area contributed by atoms with Crippen LogP contribution in [-0.2, 0) is 25.6 Å². The average molecular weight is 444 g/mol. The zero-order valence-electron chi connectivity index (χ0n) is 17.6. The van der Waals surface area contributed by atoms with E-state index < -0.39 is 42.4 Å². The number of carboxylic acids is 2. The Morgan fingerprint density at radius 1 is 1.06 bits per heavy atom. The summed E-state index contributed by atoms with van der Waals surface area (Å²) < 4.78 is 0. The summed E-state index contributed by atoms with van der Waals surface area (Å²) in [7, 11) is 0. The van der Waals surface area contributed by atoms with Crippen LogP contribution in [0, 0.1) is 0 Å². The molecule has 1 aromatic carbocycles. The minimum absolute atomic E-state index is 0.152. The summed E-state index contributed by atoms with van der Waals surface area (Å²) in [6.45, 7) is 0.716. The maximum atomic E-state index is 13.0. The Morgan fingerprint density at radius 2 is 1.84 bits per heavy atom. The SMILES string of the molecule is O=C(O)CC[C@H](NC(=O)[C@H](Cc1c[nH]c2ccccc12)NC(=O)[C@@H]1CCCCN1)C(=O)O. The minimum Gasteiger partial charge on any atom is -0.481 e. The molecule has 0 unspecified atom stereocenters. The van der Waals surface area contributed by atoms with E-state index in [9.17, 15) is 24.3 Å². The lowest BCUT2D eigenvalue weighted by atomic mass is 10.0. The Kier molecular flexibility index (Phi) is 7.82. The van der Waals surface area contributed by atoms with Gasteiger partial charge in [0.05, 0.1) is 6.04 Å². The first kappa shape index (κ1) is 23.3. The van der Waals surface area contributed by atoms with Crippen LogP contribution < -0.4 is 16.0 Å². The smallest absolute Gasteiger partial charge is 0.326 e. The van der Waals surface area contributed by atoms with Crippen LogP contribution in [0.3, 0.4) is 0 Å². The van der Waals surface area contributed by atoms with Crippen molar-refractivity contribution < 1.29 is 29.4 Å². The molecule has 0 bridgehead atoms. The van der Waals surface area contributed by atoms with Gasteiger partial charge in [0.15, 0.2) is 0 Å². The molecule has 2 heterocycles. The maximum absolute atomic E-state index is 13.0. The molecule has 0 radical (unpaired) electrons. The number of para-hydroxylation sites is 1. The number of hydrogen-bond donors (Lipinski definition) is 6. The number of H-pyrrole nitrogens is 1. The van der Waals surface area contributed by atoms with Gasteiger partial charge in [-0.3, -0.25) is 14.4 Å². The van der Waals surface area contributed by atoms with Crippen molar-refractivity contribution in [3.8, 4) is 0 Å². The maximum Gasteiger partial charge on any atom is 0.326 e. The molecule has 1 aliphatic rings. The summed E-state index contributed by atoms with van der Waals surface area (Å²) in [5.74, 6) is -3.47. The molecule has 2 amide bonds. The molecule has 2 aromatic rings. The average Bonchev–Trinajstić information content (AvgIpc) is 3.19. The summed E-state index contributed by atoms with van der Waals surface area (Å²) in [4.78, 5) is 51.3. The number of piperidine rings is 1. The van der Waals surface area contributed by atoms with Gasteiger partial charge in [-0.15, -0.1) is 0 Å². The summed E-state index contributed by atoms with van der Waals surface area (Å²) in [5.41, 5.74) is 1.68. The van der Waals surface area contributed by atoms with Gasteiger partial charge in [0.25, 0.3) is 0 Å². The molecular formula is C22H28N4O6. The minimum atomic E-state index is -1.37. The van der Waals surface area contributed by atoms with Crippen molar-refractivity contribution in [2.24, 2.45) is 0 Å². The first-order valence-corrected chi connectivity index (χ1v) is 10.7. The van der Waals surface area contributed by atoms with Crippen LogP contribution in [0.1, 0.15) is 37.7 Å². The lowest BCUT2D eigenvalue weighted by molar-refractivity contribution is -0.143. The van der Waals surface area contributed by atoms with Crippen molar-refractivity contribution in [3.63, 3.8) is 0 Å². The third kappa shape index (κ3) is 6.07. The second kappa shape index (κ2) is 10.8. The van der Waals surface area contributed by atoms with E-state index in [1.165, 1.54) is 0 Å². The Labute approximate surface area is 184 Å². The molecule has 6 N–H and O–H groups in total. The molecule has 3 atom stereocenters. The lowest BCUT2D eigenvalue weighted by Crippen LogP contribution is -2.56. The fraction of sp³-hybridized carbons (Fsp3) is 0.455. The van der Waals surface area contributed by atoms with E-state index in [4.69, 9.17) is 5.11 Å². The zero-order chi connectivity index (χ0) is 23.1. The second-order valence-corrected chi connectivity index (χ2v) is 7.96. The highest BCUT2D eigenvalue weighted by Crippen LogP contribution is 2.19. The highest BCUT2D eigenvalue weighted by Gasteiger charge is 2.30. The molecule has 10 nitrogen and oxygen atoms in total. The van der Waals surface area contributed by atoms with Gasteiger partial charge in [-0.1, -0.05) is 24.6 Å². The normalized spacial score (nSPS) is 17.9. The zero-order valence-corrected chi connectivity index (χ0v) is 17.6. The first-order valence-electron chi connectivity index (χ1n) is 10.7. The predicted molar refractivity (Wildman–Crippen MR) is 116 cm³/mol. The number of aromatic amines is 1. The van der Waals surface area contributed by atoms with Crippen molar-refractivity contribution in [2.45, 2.75) is 56.7 Å². The lowest BCUT2D eigenvalue weighted by Gasteiger charge is -2.26. The number of carbonyl (C=O) groups is 4. The first-order chi connectivity index (χ1) is 15.3. The van der Waals surface area contributed by atoms with Crippen molar-refractivity contribution in [1.29, 1.82) is 0 Å². The van der Waals surface area contributed by atoms with Gasteiger partial charge >= 0.3 is 11.9 Å². The van der Waals surface area contributed by atoms with E-state index in [1.54, 1.807) is 6.20 Å². The molecule has 32 heavy (non-hydrogen) atoms. The molecule has 172 valence electrons. The summed E-state index contributed by atoms with van der Waals surface area (Å²) in [5, 5.41) is 27.4. The highest BCUT2D eigenvalue weighted by molar-refractivity contribution is 5.93. The molecule has 10 heteroatoms. The number of benzene rings is 1. The number of carbonyl (C=O) groups excluding carboxylic acids is 2. The molecule has 1 fully saturated rings. The molecule has 1 aromatic heterocycles. The number of nitrogens with one attached hydrogen (secondary N) is 4. The van der Waals surface area contributed by atoms with E-state index in [2.05, 4.69) is 20.9 Å². The van der Waals surface area contributed by atoms with E-state index >= 15 is 0 Å². The molecular weight excluding hydrogens is 416 g/mol. The van der Waals surface area contributed by atoms with Crippen molar-refractivity contribution in [2.75, 3.05) is 6.54 Å². The Hall–Kier alpha value is -3.40. The van der Waals surface area contributed by atoms with Crippen molar-refractivity contribution in [1.82, 2.24) is 20.9 Å². The van der Waals surface area contributed by atoms with Gasteiger partial charge in [0, 0.05) is 29.9 Å². The third-order valence-electron chi connectivity index (χ3n) is 5.62. The highest BCUT2D eigenvalue weighted by atomic mass is 16.4. The number of aromatic nitrogens is 1. The van der Waals surface area contributed by atoms with Crippen LogP contribution in [0.2, 0.25) is 0 Å². The van der Waals surface area contributed by atoms with Crippen molar-refractivity contribution >= 4 is 34.7 Å². The Bertz CT molecular complexity index is 982. The van der Waals surface area contributed by atoms with E-state index in [-0.39, 0.29) is 18.7 Å². The Morgan fingerprint density at radius 3 is 2.53 bits per heavy atom. The standard InChI is InChI=1S/C22H28N4O6/c27-19(28)9-8-17(22(31)32)25-21(30)18(26-20(29)16-7-3-4-10-23-16)11-13-12-24-15-6-2-1-5-14(13)15/h1-2,5-6,12,16-18,23-24H,3-4,7-11H2,(H,25,30)(H,26,29)(H,27,28)(H,31,32)/t16-,17-,18-/m0/s1. The largest absolute Gasteiger partial charge is 0.481 e. The molecule has 3 rings (SSSR count). The monoisotopic (exact) mass is 444 g/mol. The summed E-state index contributed by atoms with van der Waals surface area (Å²) in [6.07, 6.45) is 3.79. The molecule has 0 aliphatic carbocycles. The van der Waals surface area contributed by atoms with E-state index in [0.29, 0.717) is 13.0 Å². The van der Waals surface area contributed by atoms with E-state index in [1.807, 2.05) is 24.3 Å². The third-order valence-corrected chi connectivity index (χ3v) is 5.62. The summed E-state index contributed by atoms with van der Waals surface area (Å²) >= 11 is 0. The number of rotatable bonds is 10. The molecule has 1 aliphatic heterocycles. The van der Waals surface area contributed by atoms with Crippen LogP contribution in [0.15, 0.2) is 30.5 Å². The molecule has 0 saturated carbocycles. The van der Waals surface area contributed by atoms with Crippen LogP contribution in [-0.4, -0.2) is 63.6 Å². The van der Waals surface area contributed by atoms with Crippen LogP contribution in [0.4, 0.5) is 0 Å².